The van der Waals surface area contributed by atoms with Crippen LogP contribution in [-0.2, 0) is 11.3 Å². The maximum Gasteiger partial charge on any atom is 0.203 e. The zero-order chi connectivity index (χ0) is 12.8. The normalized spacial score (nSPS) is 18.1. The second kappa shape index (κ2) is 6.75. The molecule has 0 saturated carbocycles. The molecule has 1 aromatic rings. The number of ether oxygens (including phenoxy) is 1. The van der Waals surface area contributed by atoms with E-state index in [1.807, 2.05) is 12.4 Å². The summed E-state index contributed by atoms with van der Waals surface area (Å²) in [4.78, 5) is 6.88. The summed E-state index contributed by atoms with van der Waals surface area (Å²) in [5.74, 6) is 0.943. The Morgan fingerprint density at radius 1 is 1.39 bits per heavy atom. The molecule has 0 amide bonds. The summed E-state index contributed by atoms with van der Waals surface area (Å²) in [6.07, 6.45) is 6.59. The second-order valence-electron chi connectivity index (χ2n) is 4.99. The fraction of sp³-hybridized carbons (Fsp3) is 0.769. The number of rotatable bonds is 7. The first-order valence-electron chi connectivity index (χ1n) is 6.78. The first-order valence-corrected chi connectivity index (χ1v) is 6.78. The molecule has 0 aliphatic carbocycles. The Morgan fingerprint density at radius 3 is 2.89 bits per heavy atom. The molecular formula is C13H24N4O. The van der Waals surface area contributed by atoms with Gasteiger partial charge in [0.15, 0.2) is 0 Å². The van der Waals surface area contributed by atoms with Crippen LogP contribution in [0, 0.1) is 0 Å². The molecule has 5 nitrogen and oxygen atoms in total. The summed E-state index contributed by atoms with van der Waals surface area (Å²) in [6.45, 7) is 7.41. The van der Waals surface area contributed by atoms with Crippen LogP contribution in [0.4, 0.5) is 5.95 Å². The maximum atomic E-state index is 5.13. The van der Waals surface area contributed by atoms with E-state index in [0.717, 1.165) is 19.0 Å². The van der Waals surface area contributed by atoms with Gasteiger partial charge in [-0.3, -0.25) is 0 Å². The lowest BCUT2D eigenvalue weighted by Crippen LogP contribution is -2.26. The molecule has 1 aromatic heterocycles. The zero-order valence-electron chi connectivity index (χ0n) is 11.4. The highest BCUT2D eigenvalue weighted by atomic mass is 16.5. The Bertz CT molecular complexity index is 347. The SMILES string of the molecule is COCC(C)Nc1nccn1CCN1CCCC1. The van der Waals surface area contributed by atoms with Gasteiger partial charge in [0.1, 0.15) is 0 Å². The highest BCUT2D eigenvalue weighted by Gasteiger charge is 2.12. The third-order valence-electron chi connectivity index (χ3n) is 3.36. The Morgan fingerprint density at radius 2 is 2.17 bits per heavy atom. The molecule has 2 heterocycles. The van der Waals surface area contributed by atoms with Crippen LogP contribution in [0.3, 0.4) is 0 Å². The third-order valence-corrected chi connectivity index (χ3v) is 3.36. The van der Waals surface area contributed by atoms with Crippen LogP contribution in [0.25, 0.3) is 0 Å². The smallest absolute Gasteiger partial charge is 0.203 e. The Hall–Kier alpha value is -1.07. The van der Waals surface area contributed by atoms with Gasteiger partial charge in [-0.1, -0.05) is 0 Å². The molecule has 1 N–H and O–H groups in total. The van der Waals surface area contributed by atoms with Crippen molar-refractivity contribution in [3.05, 3.63) is 12.4 Å². The second-order valence-corrected chi connectivity index (χ2v) is 4.99. The first-order chi connectivity index (χ1) is 8.79. The molecular weight excluding hydrogens is 228 g/mol. The van der Waals surface area contributed by atoms with Gasteiger partial charge in [-0.15, -0.1) is 0 Å². The molecule has 1 aliphatic rings. The van der Waals surface area contributed by atoms with Gasteiger partial charge in [0.25, 0.3) is 0 Å². The molecule has 0 spiro atoms. The maximum absolute atomic E-state index is 5.13. The number of hydrogen-bond donors (Lipinski definition) is 1. The average molecular weight is 252 g/mol. The van der Waals surface area contributed by atoms with E-state index in [2.05, 4.69) is 26.7 Å². The van der Waals surface area contributed by atoms with Gasteiger partial charge in [-0.2, -0.15) is 0 Å². The van der Waals surface area contributed by atoms with Crippen LogP contribution in [0.5, 0.6) is 0 Å². The monoisotopic (exact) mass is 252 g/mol. The quantitative estimate of drug-likeness (QED) is 0.797. The van der Waals surface area contributed by atoms with Gasteiger partial charge < -0.3 is 19.5 Å². The summed E-state index contributed by atoms with van der Waals surface area (Å²) in [5.41, 5.74) is 0. The van der Waals surface area contributed by atoms with Crippen molar-refractivity contribution >= 4 is 5.95 Å². The van der Waals surface area contributed by atoms with Crippen molar-refractivity contribution in [2.24, 2.45) is 0 Å². The van der Waals surface area contributed by atoms with Crippen molar-refractivity contribution in [2.75, 3.05) is 38.7 Å². The Kier molecular flexibility index (Phi) is 5.01. The highest BCUT2D eigenvalue weighted by molar-refractivity contribution is 5.27. The molecule has 0 radical (unpaired) electrons. The van der Waals surface area contributed by atoms with Crippen molar-refractivity contribution in [2.45, 2.75) is 32.4 Å². The minimum Gasteiger partial charge on any atom is -0.383 e. The first kappa shape index (κ1) is 13.4. The van der Waals surface area contributed by atoms with Gasteiger partial charge in [-0.05, 0) is 32.9 Å². The number of hydrogen-bond acceptors (Lipinski definition) is 4. The summed E-state index contributed by atoms with van der Waals surface area (Å²) < 4.78 is 7.31. The van der Waals surface area contributed by atoms with E-state index in [9.17, 15) is 0 Å². The number of anilines is 1. The van der Waals surface area contributed by atoms with Crippen molar-refractivity contribution in [1.29, 1.82) is 0 Å². The zero-order valence-corrected chi connectivity index (χ0v) is 11.4. The minimum atomic E-state index is 0.280. The van der Waals surface area contributed by atoms with Gasteiger partial charge >= 0.3 is 0 Å². The lowest BCUT2D eigenvalue weighted by molar-refractivity contribution is 0.190. The fourth-order valence-electron chi connectivity index (χ4n) is 2.40. The number of methoxy groups -OCH3 is 1. The van der Waals surface area contributed by atoms with Crippen LogP contribution in [-0.4, -0.2) is 53.8 Å². The van der Waals surface area contributed by atoms with Crippen molar-refractivity contribution in [3.8, 4) is 0 Å². The van der Waals surface area contributed by atoms with Crippen molar-refractivity contribution in [3.63, 3.8) is 0 Å². The topological polar surface area (TPSA) is 42.3 Å². The Labute approximate surface area is 109 Å². The summed E-state index contributed by atoms with van der Waals surface area (Å²) >= 11 is 0. The number of nitrogens with one attached hydrogen (secondary N) is 1. The summed E-state index contributed by atoms with van der Waals surface area (Å²) in [5, 5.41) is 3.38. The molecule has 1 atom stereocenters. The summed E-state index contributed by atoms with van der Waals surface area (Å²) in [7, 11) is 1.72. The third kappa shape index (κ3) is 3.71. The lowest BCUT2D eigenvalue weighted by Gasteiger charge is -2.18. The van der Waals surface area contributed by atoms with Gasteiger partial charge in [0.2, 0.25) is 5.95 Å². The minimum absolute atomic E-state index is 0.280. The van der Waals surface area contributed by atoms with Crippen molar-refractivity contribution in [1.82, 2.24) is 14.5 Å². The van der Waals surface area contributed by atoms with E-state index in [0.29, 0.717) is 6.61 Å². The van der Waals surface area contributed by atoms with Crippen LogP contribution in [0.15, 0.2) is 12.4 Å². The molecule has 0 bridgehead atoms. The van der Waals surface area contributed by atoms with Gasteiger partial charge in [0.05, 0.1) is 6.61 Å². The average Bonchev–Trinajstić information content (AvgIpc) is 2.97. The summed E-state index contributed by atoms with van der Waals surface area (Å²) in [6, 6.07) is 0.280. The van der Waals surface area contributed by atoms with Gasteiger partial charge in [0, 0.05) is 38.6 Å². The van der Waals surface area contributed by atoms with E-state index >= 15 is 0 Å². The number of likely N-dealkylation sites (tertiary alicyclic amines) is 1. The Balaban J connectivity index is 1.82. The van der Waals surface area contributed by atoms with E-state index in [1.54, 1.807) is 7.11 Å². The largest absolute Gasteiger partial charge is 0.383 e. The molecule has 1 saturated heterocycles. The molecule has 5 heteroatoms. The van der Waals surface area contributed by atoms with Crippen LogP contribution < -0.4 is 5.32 Å². The fourth-order valence-corrected chi connectivity index (χ4v) is 2.40. The molecule has 1 aliphatic heterocycles. The van der Waals surface area contributed by atoms with Crippen LogP contribution in [0.2, 0.25) is 0 Å². The van der Waals surface area contributed by atoms with E-state index in [1.165, 1.54) is 25.9 Å². The van der Waals surface area contributed by atoms with Gasteiger partial charge in [-0.25, -0.2) is 4.98 Å². The number of nitrogens with zero attached hydrogens (tertiary/aromatic N) is 3. The molecule has 2 rings (SSSR count). The molecule has 1 unspecified atom stereocenters. The van der Waals surface area contributed by atoms with Crippen molar-refractivity contribution < 1.29 is 4.74 Å². The molecule has 18 heavy (non-hydrogen) atoms. The highest BCUT2D eigenvalue weighted by Crippen LogP contribution is 2.10. The van der Waals surface area contributed by atoms with E-state index in [4.69, 9.17) is 4.74 Å². The molecule has 1 fully saturated rings. The lowest BCUT2D eigenvalue weighted by atomic mass is 10.4. The molecule has 0 aromatic carbocycles. The predicted molar refractivity (Wildman–Crippen MR) is 72.9 cm³/mol. The van der Waals surface area contributed by atoms with Crippen LogP contribution >= 0.6 is 0 Å². The number of imidazole rings is 1. The predicted octanol–water partition coefficient (Wildman–Crippen LogP) is 1.43. The van der Waals surface area contributed by atoms with Crippen LogP contribution in [0.1, 0.15) is 19.8 Å². The van der Waals surface area contributed by atoms with E-state index in [-0.39, 0.29) is 6.04 Å². The molecule has 102 valence electrons. The number of aromatic nitrogens is 2. The standard InChI is InChI=1S/C13H24N4O/c1-12(11-18-2)15-13-14-5-8-17(13)10-9-16-6-3-4-7-16/h5,8,12H,3-4,6-7,9-11H2,1-2H3,(H,14,15). The van der Waals surface area contributed by atoms with E-state index < -0.39 is 0 Å².